The summed E-state index contributed by atoms with van der Waals surface area (Å²) >= 11 is 8.29. The predicted octanol–water partition coefficient (Wildman–Crippen LogP) is 4.53. The van der Waals surface area contributed by atoms with E-state index in [1.807, 2.05) is 24.8 Å². The van der Waals surface area contributed by atoms with E-state index in [1.165, 1.54) is 11.3 Å². The van der Waals surface area contributed by atoms with Crippen LogP contribution in [0.25, 0.3) is 0 Å². The Kier molecular flexibility index (Phi) is 5.47. The molecule has 0 N–H and O–H groups in total. The fourth-order valence-corrected chi connectivity index (χ4v) is 3.42. The van der Waals surface area contributed by atoms with E-state index in [2.05, 4.69) is 38.8 Å². The van der Waals surface area contributed by atoms with E-state index in [-0.39, 0.29) is 11.9 Å². The van der Waals surface area contributed by atoms with Gasteiger partial charge in [0.2, 0.25) is 0 Å². The normalized spacial score (nSPS) is 10.9. The molecule has 2 nitrogen and oxygen atoms in total. The number of carbonyl (C=O) groups excluding carboxylic acids is 1. The lowest BCUT2D eigenvalue weighted by Gasteiger charge is -2.25. The third kappa shape index (κ3) is 3.31. The van der Waals surface area contributed by atoms with Gasteiger partial charge in [0.05, 0.1) is 8.66 Å². The standard InChI is InChI=1S/C11H15Br2NOS/c1-4-5-14(7(2)3)11(15)9-6-8(12)10(13)16-9/h6-7H,4-5H2,1-3H3. The zero-order valence-electron chi connectivity index (χ0n) is 9.59. The maximum atomic E-state index is 12.2. The Hall–Kier alpha value is 0.130. The van der Waals surface area contributed by atoms with Crippen LogP contribution >= 0.6 is 43.2 Å². The summed E-state index contributed by atoms with van der Waals surface area (Å²) in [5.74, 6) is 0.119. The van der Waals surface area contributed by atoms with Crippen LogP contribution in [0.1, 0.15) is 36.9 Å². The monoisotopic (exact) mass is 367 g/mol. The second-order valence-electron chi connectivity index (χ2n) is 3.82. The van der Waals surface area contributed by atoms with Crippen molar-refractivity contribution in [1.82, 2.24) is 4.90 Å². The SMILES string of the molecule is CCCN(C(=O)c1cc(Br)c(Br)s1)C(C)C. The van der Waals surface area contributed by atoms with Crippen LogP contribution in [-0.2, 0) is 0 Å². The number of carbonyl (C=O) groups is 1. The Morgan fingerprint density at radius 2 is 2.12 bits per heavy atom. The van der Waals surface area contributed by atoms with Crippen molar-refractivity contribution < 1.29 is 4.79 Å². The Bertz CT molecular complexity index is 357. The van der Waals surface area contributed by atoms with Gasteiger partial charge >= 0.3 is 0 Å². The molecule has 0 fully saturated rings. The van der Waals surface area contributed by atoms with E-state index in [1.54, 1.807) is 0 Å². The number of thiophene rings is 1. The molecular formula is C11H15Br2NOS. The highest BCUT2D eigenvalue weighted by Crippen LogP contribution is 2.33. The molecule has 1 rings (SSSR count). The van der Waals surface area contributed by atoms with Crippen LogP contribution in [-0.4, -0.2) is 23.4 Å². The molecular weight excluding hydrogens is 354 g/mol. The smallest absolute Gasteiger partial charge is 0.264 e. The van der Waals surface area contributed by atoms with Gasteiger partial charge in [-0.25, -0.2) is 0 Å². The van der Waals surface area contributed by atoms with Crippen molar-refractivity contribution in [3.63, 3.8) is 0 Å². The van der Waals surface area contributed by atoms with Crippen LogP contribution < -0.4 is 0 Å². The summed E-state index contributed by atoms with van der Waals surface area (Å²) in [7, 11) is 0. The Labute approximate surface area is 117 Å². The molecule has 1 heterocycles. The Morgan fingerprint density at radius 3 is 2.50 bits per heavy atom. The second-order valence-corrected chi connectivity index (χ2v) is 7.05. The van der Waals surface area contributed by atoms with Crippen molar-refractivity contribution in [1.29, 1.82) is 0 Å². The molecule has 0 saturated heterocycles. The van der Waals surface area contributed by atoms with E-state index in [9.17, 15) is 4.79 Å². The molecule has 0 aliphatic rings. The number of nitrogens with zero attached hydrogens (tertiary/aromatic N) is 1. The Balaban J connectivity index is 2.90. The van der Waals surface area contributed by atoms with Gasteiger partial charge < -0.3 is 4.90 Å². The van der Waals surface area contributed by atoms with Gasteiger partial charge in [-0.05, 0) is 58.2 Å². The zero-order chi connectivity index (χ0) is 12.3. The van der Waals surface area contributed by atoms with Gasteiger partial charge in [0.15, 0.2) is 0 Å². The molecule has 0 bridgehead atoms. The van der Waals surface area contributed by atoms with Gasteiger partial charge in [-0.15, -0.1) is 11.3 Å². The highest BCUT2D eigenvalue weighted by atomic mass is 79.9. The van der Waals surface area contributed by atoms with Crippen molar-refractivity contribution in [3.05, 3.63) is 19.2 Å². The van der Waals surface area contributed by atoms with E-state index in [4.69, 9.17) is 0 Å². The minimum Gasteiger partial charge on any atom is -0.336 e. The summed E-state index contributed by atoms with van der Waals surface area (Å²) < 4.78 is 1.91. The molecule has 1 aromatic rings. The zero-order valence-corrected chi connectivity index (χ0v) is 13.6. The summed E-state index contributed by atoms with van der Waals surface area (Å²) in [6, 6.07) is 2.12. The van der Waals surface area contributed by atoms with Gasteiger partial charge in [0.1, 0.15) is 0 Å². The third-order valence-electron chi connectivity index (χ3n) is 2.20. The van der Waals surface area contributed by atoms with E-state index in [0.717, 1.165) is 26.1 Å². The van der Waals surface area contributed by atoms with Crippen LogP contribution in [0.5, 0.6) is 0 Å². The number of hydrogen-bond donors (Lipinski definition) is 0. The minimum absolute atomic E-state index is 0.119. The molecule has 0 aliphatic carbocycles. The first kappa shape index (κ1) is 14.2. The van der Waals surface area contributed by atoms with Crippen LogP contribution in [0.4, 0.5) is 0 Å². The molecule has 5 heteroatoms. The van der Waals surface area contributed by atoms with Crippen LogP contribution in [0.15, 0.2) is 14.3 Å². The van der Waals surface area contributed by atoms with E-state index >= 15 is 0 Å². The molecule has 0 unspecified atom stereocenters. The summed E-state index contributed by atoms with van der Waals surface area (Å²) in [6.07, 6.45) is 0.984. The van der Waals surface area contributed by atoms with Crippen LogP contribution in [0, 0.1) is 0 Å². The first-order valence-electron chi connectivity index (χ1n) is 5.23. The molecule has 0 saturated carbocycles. The van der Waals surface area contributed by atoms with Gasteiger partial charge in [0.25, 0.3) is 5.91 Å². The topological polar surface area (TPSA) is 20.3 Å². The molecule has 16 heavy (non-hydrogen) atoms. The van der Waals surface area contributed by atoms with Gasteiger partial charge in [-0.1, -0.05) is 6.92 Å². The maximum Gasteiger partial charge on any atom is 0.264 e. The van der Waals surface area contributed by atoms with E-state index < -0.39 is 0 Å². The summed E-state index contributed by atoms with van der Waals surface area (Å²) in [4.78, 5) is 14.9. The molecule has 0 radical (unpaired) electrons. The molecule has 90 valence electrons. The number of hydrogen-bond acceptors (Lipinski definition) is 2. The van der Waals surface area contributed by atoms with Crippen molar-refractivity contribution in [2.24, 2.45) is 0 Å². The van der Waals surface area contributed by atoms with Gasteiger partial charge in [-0.3, -0.25) is 4.79 Å². The summed E-state index contributed by atoms with van der Waals surface area (Å²) in [5, 5.41) is 0. The molecule has 0 spiro atoms. The van der Waals surface area contributed by atoms with Gasteiger partial charge in [-0.2, -0.15) is 0 Å². The number of amides is 1. The second kappa shape index (κ2) is 6.17. The molecule has 0 aromatic carbocycles. The van der Waals surface area contributed by atoms with Crippen molar-refractivity contribution in [2.45, 2.75) is 33.2 Å². The third-order valence-corrected chi connectivity index (χ3v) is 5.45. The van der Waals surface area contributed by atoms with Crippen molar-refractivity contribution >= 4 is 49.1 Å². The lowest BCUT2D eigenvalue weighted by Crippen LogP contribution is -2.37. The maximum absolute atomic E-state index is 12.2. The number of rotatable bonds is 4. The van der Waals surface area contributed by atoms with Gasteiger partial charge in [0, 0.05) is 17.1 Å². The largest absolute Gasteiger partial charge is 0.336 e. The highest BCUT2D eigenvalue weighted by molar-refractivity contribution is 9.13. The average Bonchev–Trinajstić information content (AvgIpc) is 2.54. The fraction of sp³-hybridized carbons (Fsp3) is 0.545. The first-order chi connectivity index (χ1) is 7.47. The quantitative estimate of drug-likeness (QED) is 0.764. The van der Waals surface area contributed by atoms with Crippen molar-refractivity contribution in [2.75, 3.05) is 6.54 Å². The molecule has 1 aromatic heterocycles. The van der Waals surface area contributed by atoms with Crippen LogP contribution in [0.2, 0.25) is 0 Å². The lowest BCUT2D eigenvalue weighted by atomic mass is 10.2. The highest BCUT2D eigenvalue weighted by Gasteiger charge is 2.20. The summed E-state index contributed by atoms with van der Waals surface area (Å²) in [6.45, 7) is 6.99. The lowest BCUT2D eigenvalue weighted by molar-refractivity contribution is 0.0711. The van der Waals surface area contributed by atoms with E-state index in [0.29, 0.717) is 0 Å². The number of halogens is 2. The van der Waals surface area contributed by atoms with Crippen LogP contribution in [0.3, 0.4) is 0 Å². The predicted molar refractivity (Wildman–Crippen MR) is 76.2 cm³/mol. The average molecular weight is 369 g/mol. The molecule has 1 amide bonds. The first-order valence-corrected chi connectivity index (χ1v) is 7.63. The van der Waals surface area contributed by atoms with Crippen molar-refractivity contribution in [3.8, 4) is 0 Å². The minimum atomic E-state index is 0.119. The molecule has 0 atom stereocenters. The Morgan fingerprint density at radius 1 is 1.50 bits per heavy atom. The summed E-state index contributed by atoms with van der Waals surface area (Å²) in [5.41, 5.74) is 0. The fourth-order valence-electron chi connectivity index (χ4n) is 1.43. The molecule has 0 aliphatic heterocycles.